The molecule has 2 aromatic rings. The van der Waals surface area contributed by atoms with Crippen LogP contribution in [0.4, 0.5) is 10.1 Å². The van der Waals surface area contributed by atoms with Gasteiger partial charge in [-0.05, 0) is 40.2 Å². The second-order valence-electron chi connectivity index (χ2n) is 4.30. The Morgan fingerprint density at radius 3 is 2.62 bits per heavy atom. The van der Waals surface area contributed by atoms with E-state index in [9.17, 15) is 14.0 Å². The number of aryl methyl sites for hydroxylation is 1. The van der Waals surface area contributed by atoms with E-state index in [-0.39, 0.29) is 30.1 Å². The Morgan fingerprint density at radius 2 is 1.90 bits per heavy atom. The van der Waals surface area contributed by atoms with Crippen LogP contribution in [0, 0.1) is 5.82 Å². The molecule has 2 rings (SSSR count). The van der Waals surface area contributed by atoms with Gasteiger partial charge in [0.15, 0.2) is 0 Å². The molecule has 0 fully saturated rings. The van der Waals surface area contributed by atoms with Crippen molar-refractivity contribution >= 4 is 43.5 Å². The number of carbonyl (C=O) groups is 1. The Bertz CT molecular complexity index is 731. The lowest BCUT2D eigenvalue weighted by Crippen LogP contribution is -2.22. The highest BCUT2D eigenvalue weighted by Gasteiger charge is 2.08. The first-order valence-corrected chi connectivity index (χ1v) is 7.65. The van der Waals surface area contributed by atoms with Gasteiger partial charge in [0, 0.05) is 34.2 Å². The van der Waals surface area contributed by atoms with Gasteiger partial charge in [-0.15, -0.1) is 0 Å². The normalized spacial score (nSPS) is 10.4. The van der Waals surface area contributed by atoms with E-state index in [0.29, 0.717) is 4.47 Å². The Morgan fingerprint density at radius 1 is 1.19 bits per heavy atom. The van der Waals surface area contributed by atoms with E-state index < -0.39 is 5.82 Å². The molecular weight excluding hydrogens is 407 g/mol. The fourth-order valence-electron chi connectivity index (χ4n) is 1.70. The molecule has 21 heavy (non-hydrogen) atoms. The SMILES string of the molecule is O=C(CCn1cc(Br)ccc1=O)Nc1ccc(Br)cc1F. The average Bonchev–Trinajstić information content (AvgIpc) is 2.43. The standard InChI is InChI=1S/C14H11Br2FN2O2/c15-9-1-3-12(11(17)7-9)18-13(20)5-6-19-8-10(16)2-4-14(19)21/h1-4,7-8H,5-6H2,(H,18,20). The van der Waals surface area contributed by atoms with Crippen LogP contribution in [-0.2, 0) is 11.3 Å². The van der Waals surface area contributed by atoms with E-state index in [4.69, 9.17) is 0 Å². The zero-order chi connectivity index (χ0) is 15.4. The number of hydrogen-bond acceptors (Lipinski definition) is 2. The minimum Gasteiger partial charge on any atom is -0.324 e. The van der Waals surface area contributed by atoms with Crippen molar-refractivity contribution in [2.75, 3.05) is 5.32 Å². The second-order valence-corrected chi connectivity index (χ2v) is 6.13. The van der Waals surface area contributed by atoms with E-state index in [1.165, 1.54) is 22.8 Å². The molecule has 1 aromatic heterocycles. The van der Waals surface area contributed by atoms with Crippen molar-refractivity contribution in [2.24, 2.45) is 0 Å². The van der Waals surface area contributed by atoms with E-state index in [1.807, 2.05) is 0 Å². The first-order chi connectivity index (χ1) is 9.95. The maximum Gasteiger partial charge on any atom is 0.250 e. The van der Waals surface area contributed by atoms with Gasteiger partial charge in [0.25, 0.3) is 5.56 Å². The number of nitrogens with one attached hydrogen (secondary N) is 1. The zero-order valence-corrected chi connectivity index (χ0v) is 13.9. The molecule has 0 bridgehead atoms. The number of pyridine rings is 1. The van der Waals surface area contributed by atoms with Crippen molar-refractivity contribution in [3.8, 4) is 0 Å². The first-order valence-electron chi connectivity index (χ1n) is 6.06. The lowest BCUT2D eigenvalue weighted by Gasteiger charge is -2.08. The summed E-state index contributed by atoms with van der Waals surface area (Å²) in [5, 5.41) is 2.48. The highest BCUT2D eigenvalue weighted by atomic mass is 79.9. The summed E-state index contributed by atoms with van der Waals surface area (Å²) in [6.07, 6.45) is 1.68. The number of carbonyl (C=O) groups excluding carboxylic acids is 1. The molecule has 0 aliphatic rings. The van der Waals surface area contributed by atoms with Gasteiger partial charge < -0.3 is 9.88 Å². The van der Waals surface area contributed by atoms with Crippen molar-refractivity contribution in [2.45, 2.75) is 13.0 Å². The average molecular weight is 418 g/mol. The van der Waals surface area contributed by atoms with Gasteiger partial charge in [0.2, 0.25) is 5.91 Å². The van der Waals surface area contributed by atoms with Gasteiger partial charge in [0.1, 0.15) is 5.82 Å². The number of rotatable bonds is 4. The highest BCUT2D eigenvalue weighted by molar-refractivity contribution is 9.10. The van der Waals surface area contributed by atoms with Gasteiger partial charge in [-0.25, -0.2) is 4.39 Å². The maximum atomic E-state index is 13.6. The van der Waals surface area contributed by atoms with Crippen LogP contribution in [0.15, 0.2) is 50.3 Å². The Hall–Kier alpha value is -1.47. The Labute approximate surface area is 137 Å². The van der Waals surface area contributed by atoms with E-state index in [2.05, 4.69) is 37.2 Å². The molecule has 1 heterocycles. The summed E-state index contributed by atoms with van der Waals surface area (Å²) in [5.74, 6) is -0.875. The largest absolute Gasteiger partial charge is 0.324 e. The smallest absolute Gasteiger partial charge is 0.250 e. The van der Waals surface area contributed by atoms with Crippen molar-refractivity contribution < 1.29 is 9.18 Å². The van der Waals surface area contributed by atoms with Crippen LogP contribution >= 0.6 is 31.9 Å². The summed E-state index contributed by atoms with van der Waals surface area (Å²) >= 11 is 6.40. The quantitative estimate of drug-likeness (QED) is 0.827. The van der Waals surface area contributed by atoms with Gasteiger partial charge in [-0.1, -0.05) is 15.9 Å². The molecule has 110 valence electrons. The third-order valence-corrected chi connectivity index (χ3v) is 3.69. The van der Waals surface area contributed by atoms with Gasteiger partial charge >= 0.3 is 0 Å². The van der Waals surface area contributed by atoms with Crippen LogP contribution in [0.3, 0.4) is 0 Å². The predicted octanol–water partition coefficient (Wildman–Crippen LogP) is 3.54. The van der Waals surface area contributed by atoms with Crippen molar-refractivity contribution in [1.29, 1.82) is 0 Å². The summed E-state index contributed by atoms with van der Waals surface area (Å²) in [6, 6.07) is 7.43. The number of hydrogen-bond donors (Lipinski definition) is 1. The third-order valence-electron chi connectivity index (χ3n) is 2.73. The van der Waals surface area contributed by atoms with Crippen LogP contribution in [0.5, 0.6) is 0 Å². The Kier molecular flexibility index (Phi) is 5.30. The van der Waals surface area contributed by atoms with Gasteiger partial charge in [-0.3, -0.25) is 9.59 Å². The number of benzene rings is 1. The summed E-state index contributed by atoms with van der Waals surface area (Å²) < 4.78 is 16.4. The number of aromatic nitrogens is 1. The monoisotopic (exact) mass is 416 g/mol. The minimum absolute atomic E-state index is 0.0753. The van der Waals surface area contributed by atoms with Crippen LogP contribution in [-0.4, -0.2) is 10.5 Å². The number of halogens is 3. The van der Waals surface area contributed by atoms with Gasteiger partial charge in [0.05, 0.1) is 5.69 Å². The van der Waals surface area contributed by atoms with Crippen LogP contribution in [0.1, 0.15) is 6.42 Å². The molecule has 1 aromatic carbocycles. The minimum atomic E-state index is -0.516. The molecule has 1 N–H and O–H groups in total. The molecule has 0 spiro atoms. The first kappa shape index (κ1) is 15.9. The third kappa shape index (κ3) is 4.50. The van der Waals surface area contributed by atoms with E-state index >= 15 is 0 Å². The zero-order valence-electron chi connectivity index (χ0n) is 10.8. The molecule has 1 amide bonds. The molecule has 0 atom stereocenters. The fraction of sp³-hybridized carbons (Fsp3) is 0.143. The maximum absolute atomic E-state index is 13.6. The Balaban J connectivity index is 1.99. The lowest BCUT2D eigenvalue weighted by atomic mass is 10.3. The summed E-state index contributed by atoms with van der Waals surface area (Å²) in [4.78, 5) is 23.4. The van der Waals surface area contributed by atoms with E-state index in [0.717, 1.165) is 4.47 Å². The molecule has 0 aliphatic heterocycles. The number of amides is 1. The van der Waals surface area contributed by atoms with Gasteiger partial charge in [-0.2, -0.15) is 0 Å². The van der Waals surface area contributed by atoms with E-state index in [1.54, 1.807) is 18.3 Å². The summed E-state index contributed by atoms with van der Waals surface area (Å²) in [5.41, 5.74) is -0.0781. The van der Waals surface area contributed by atoms with Crippen molar-refractivity contribution in [1.82, 2.24) is 4.57 Å². The van der Waals surface area contributed by atoms with Crippen molar-refractivity contribution in [3.63, 3.8) is 0 Å². The fourth-order valence-corrected chi connectivity index (χ4v) is 2.41. The van der Waals surface area contributed by atoms with Crippen LogP contribution < -0.4 is 10.9 Å². The molecular formula is C14H11Br2FN2O2. The molecule has 0 unspecified atom stereocenters. The second kappa shape index (κ2) is 7.00. The number of nitrogens with zero attached hydrogens (tertiary/aromatic N) is 1. The summed E-state index contributed by atoms with van der Waals surface area (Å²) in [7, 11) is 0. The van der Waals surface area contributed by atoms with Crippen molar-refractivity contribution in [3.05, 3.63) is 61.6 Å². The lowest BCUT2D eigenvalue weighted by molar-refractivity contribution is -0.116. The topological polar surface area (TPSA) is 51.1 Å². The molecule has 0 saturated carbocycles. The summed E-state index contributed by atoms with van der Waals surface area (Å²) in [6.45, 7) is 0.224. The molecule has 0 radical (unpaired) electrons. The van der Waals surface area contributed by atoms with Crippen LogP contribution in [0.2, 0.25) is 0 Å². The molecule has 0 aliphatic carbocycles. The number of anilines is 1. The molecule has 4 nitrogen and oxygen atoms in total. The molecule has 0 saturated heterocycles. The predicted molar refractivity (Wildman–Crippen MR) is 85.7 cm³/mol. The van der Waals surface area contributed by atoms with Crippen LogP contribution in [0.25, 0.3) is 0 Å². The highest BCUT2D eigenvalue weighted by Crippen LogP contribution is 2.19. The molecule has 7 heteroatoms.